The minimum Gasteiger partial charge on any atom is -0.350 e. The fraction of sp³-hybridized carbons (Fsp3) is 0.100. The first-order valence-electron chi connectivity index (χ1n) is 9.14. The summed E-state index contributed by atoms with van der Waals surface area (Å²) < 4.78 is 27.2. The number of hydrogen-bond donors (Lipinski definition) is 2. The van der Waals surface area contributed by atoms with E-state index >= 15 is 0 Å². The van der Waals surface area contributed by atoms with Gasteiger partial charge in [0.25, 0.3) is 10.0 Å². The van der Waals surface area contributed by atoms with Gasteiger partial charge in [0.1, 0.15) is 5.01 Å². The Morgan fingerprint density at radius 1 is 0.935 bits per heavy atom. The first-order valence-corrected chi connectivity index (χ1v) is 12.4. The predicted molar refractivity (Wildman–Crippen MR) is 120 cm³/mol. The van der Waals surface area contributed by atoms with Crippen LogP contribution in [0.4, 0.5) is 5.13 Å². The maximum absolute atomic E-state index is 12.4. The van der Waals surface area contributed by atoms with E-state index in [-0.39, 0.29) is 22.4 Å². The third-order valence-corrected chi connectivity index (χ3v) is 7.28. The van der Waals surface area contributed by atoms with Crippen LogP contribution in [-0.4, -0.2) is 29.3 Å². The van der Waals surface area contributed by atoms with Gasteiger partial charge in [0.05, 0.1) is 34.9 Å². The Labute approximate surface area is 187 Å². The van der Waals surface area contributed by atoms with Crippen molar-refractivity contribution in [2.75, 3.05) is 4.72 Å². The lowest BCUT2D eigenvalue weighted by atomic mass is 10.3. The molecule has 3 aromatic heterocycles. The van der Waals surface area contributed by atoms with E-state index in [2.05, 4.69) is 25.0 Å². The fourth-order valence-electron chi connectivity index (χ4n) is 2.62. The van der Waals surface area contributed by atoms with Gasteiger partial charge < -0.3 is 5.32 Å². The highest BCUT2D eigenvalue weighted by Crippen LogP contribution is 2.22. The Hall–Kier alpha value is -3.15. The van der Waals surface area contributed by atoms with E-state index in [4.69, 9.17) is 0 Å². The van der Waals surface area contributed by atoms with Crippen LogP contribution in [0, 0.1) is 0 Å². The van der Waals surface area contributed by atoms with Crippen LogP contribution in [0.1, 0.15) is 11.4 Å². The summed E-state index contributed by atoms with van der Waals surface area (Å²) in [6.07, 6.45) is 1.75. The number of nitrogens with zero attached hydrogens (tertiary/aromatic N) is 3. The highest BCUT2D eigenvalue weighted by molar-refractivity contribution is 7.93. The normalized spacial score (nSPS) is 11.2. The molecule has 0 radical (unpaired) electrons. The minimum atomic E-state index is -3.71. The van der Waals surface area contributed by atoms with Crippen molar-refractivity contribution >= 4 is 43.7 Å². The number of carbonyl (C=O) groups excluding carboxylic acids is 1. The summed E-state index contributed by atoms with van der Waals surface area (Å²) in [6, 6.07) is 13.7. The molecule has 0 atom stereocenters. The topological polar surface area (TPSA) is 114 Å². The lowest BCUT2D eigenvalue weighted by Gasteiger charge is -2.04. The van der Waals surface area contributed by atoms with Crippen molar-refractivity contribution in [3.8, 4) is 10.7 Å². The van der Waals surface area contributed by atoms with Gasteiger partial charge in [-0.05, 0) is 24.3 Å². The molecule has 0 spiro atoms. The number of anilines is 1. The summed E-state index contributed by atoms with van der Waals surface area (Å²) in [5.74, 6) is -0.227. The maximum atomic E-state index is 12.4. The summed E-state index contributed by atoms with van der Waals surface area (Å²) >= 11 is 2.59. The van der Waals surface area contributed by atoms with Crippen LogP contribution in [0.2, 0.25) is 0 Å². The van der Waals surface area contributed by atoms with Gasteiger partial charge in [0, 0.05) is 17.0 Å². The second kappa shape index (κ2) is 9.33. The van der Waals surface area contributed by atoms with Crippen molar-refractivity contribution in [3.05, 3.63) is 76.9 Å². The molecule has 4 aromatic rings. The molecule has 0 saturated carbocycles. The zero-order valence-corrected chi connectivity index (χ0v) is 18.5. The van der Waals surface area contributed by atoms with E-state index in [1.165, 1.54) is 23.5 Å². The van der Waals surface area contributed by atoms with Gasteiger partial charge >= 0.3 is 0 Å². The van der Waals surface area contributed by atoms with E-state index < -0.39 is 10.0 Å². The molecule has 0 bridgehead atoms. The van der Waals surface area contributed by atoms with Gasteiger partial charge in [0.2, 0.25) is 5.91 Å². The average molecular weight is 472 g/mol. The molecule has 8 nitrogen and oxygen atoms in total. The number of pyridine rings is 1. The number of amides is 1. The lowest BCUT2D eigenvalue weighted by molar-refractivity contribution is -0.120. The van der Waals surface area contributed by atoms with Crippen LogP contribution < -0.4 is 10.0 Å². The second-order valence-corrected chi connectivity index (χ2v) is 9.77. The minimum absolute atomic E-state index is 0.0425. The van der Waals surface area contributed by atoms with Crippen molar-refractivity contribution < 1.29 is 13.2 Å². The Bertz CT molecular complexity index is 1270. The maximum Gasteiger partial charge on any atom is 0.263 e. The summed E-state index contributed by atoms with van der Waals surface area (Å²) in [7, 11) is -3.71. The standard InChI is InChI=1S/C20H17N5O3S3/c26-18(22-11-15-13-29-19(23-15)17-8-4-5-9-21-17)10-14-12-30-20(24-14)25-31(27,28)16-6-2-1-3-7-16/h1-9,12-13H,10-11H2,(H,22,26)(H,24,25). The van der Waals surface area contributed by atoms with Crippen molar-refractivity contribution in [2.24, 2.45) is 0 Å². The fourth-order valence-corrected chi connectivity index (χ4v) is 5.40. The van der Waals surface area contributed by atoms with Crippen molar-refractivity contribution in [3.63, 3.8) is 0 Å². The van der Waals surface area contributed by atoms with Gasteiger partial charge in [-0.1, -0.05) is 24.3 Å². The predicted octanol–water partition coefficient (Wildman–Crippen LogP) is 3.32. The zero-order chi connectivity index (χ0) is 21.7. The number of rotatable bonds is 8. The number of thiazole rings is 2. The summed E-state index contributed by atoms with van der Waals surface area (Å²) in [5.41, 5.74) is 2.02. The molecule has 3 heterocycles. The number of nitrogens with one attached hydrogen (secondary N) is 2. The van der Waals surface area contributed by atoms with Crippen molar-refractivity contribution in [1.82, 2.24) is 20.3 Å². The van der Waals surface area contributed by atoms with Crippen LogP contribution in [0.15, 0.2) is 70.4 Å². The van der Waals surface area contributed by atoms with Crippen LogP contribution in [0.3, 0.4) is 0 Å². The molecule has 4 rings (SSSR count). The SMILES string of the molecule is O=C(Cc1csc(NS(=O)(=O)c2ccccc2)n1)NCc1csc(-c2ccccn2)n1. The second-order valence-electron chi connectivity index (χ2n) is 6.38. The van der Waals surface area contributed by atoms with Crippen molar-refractivity contribution in [2.45, 2.75) is 17.9 Å². The Morgan fingerprint density at radius 2 is 1.71 bits per heavy atom. The Kier molecular flexibility index (Phi) is 6.35. The van der Waals surface area contributed by atoms with Gasteiger partial charge in [-0.15, -0.1) is 22.7 Å². The number of aromatic nitrogens is 3. The van der Waals surface area contributed by atoms with Gasteiger partial charge in [-0.2, -0.15) is 0 Å². The summed E-state index contributed by atoms with van der Waals surface area (Å²) in [4.78, 5) is 25.4. The smallest absolute Gasteiger partial charge is 0.263 e. The molecule has 1 aromatic carbocycles. The molecular formula is C20H17N5O3S3. The quantitative estimate of drug-likeness (QED) is 0.407. The molecule has 0 unspecified atom stereocenters. The zero-order valence-electron chi connectivity index (χ0n) is 16.1. The molecule has 1 amide bonds. The molecule has 0 fully saturated rings. The Balaban J connectivity index is 1.31. The van der Waals surface area contributed by atoms with Crippen LogP contribution in [0.25, 0.3) is 10.7 Å². The third-order valence-electron chi connectivity index (χ3n) is 4.07. The molecule has 31 heavy (non-hydrogen) atoms. The molecule has 0 aliphatic heterocycles. The average Bonchev–Trinajstić information content (AvgIpc) is 3.43. The van der Waals surface area contributed by atoms with Crippen LogP contribution in [0.5, 0.6) is 0 Å². The van der Waals surface area contributed by atoms with Gasteiger partial charge in [-0.3, -0.25) is 14.5 Å². The first kappa shape index (κ1) is 21.1. The highest BCUT2D eigenvalue weighted by Gasteiger charge is 2.16. The molecule has 0 saturated heterocycles. The van der Waals surface area contributed by atoms with Gasteiger partial charge in [-0.25, -0.2) is 18.4 Å². The van der Waals surface area contributed by atoms with E-state index in [9.17, 15) is 13.2 Å². The number of sulfonamides is 1. The molecule has 2 N–H and O–H groups in total. The largest absolute Gasteiger partial charge is 0.350 e. The molecule has 158 valence electrons. The highest BCUT2D eigenvalue weighted by atomic mass is 32.2. The monoisotopic (exact) mass is 471 g/mol. The Morgan fingerprint density at radius 3 is 2.48 bits per heavy atom. The van der Waals surface area contributed by atoms with Crippen LogP contribution in [-0.2, 0) is 27.8 Å². The van der Waals surface area contributed by atoms with Crippen LogP contribution >= 0.6 is 22.7 Å². The number of carbonyl (C=O) groups is 1. The molecular weight excluding hydrogens is 454 g/mol. The van der Waals surface area contributed by atoms with E-state index in [1.807, 2.05) is 23.6 Å². The molecule has 0 aliphatic carbocycles. The van der Waals surface area contributed by atoms with Crippen molar-refractivity contribution in [1.29, 1.82) is 0 Å². The molecule has 0 aliphatic rings. The molecule has 11 heteroatoms. The summed E-state index contributed by atoms with van der Waals surface area (Å²) in [6.45, 7) is 0.291. The third kappa shape index (κ3) is 5.51. The first-order chi connectivity index (χ1) is 15.0. The van der Waals surface area contributed by atoms with E-state index in [0.717, 1.165) is 27.7 Å². The number of benzene rings is 1. The number of hydrogen-bond acceptors (Lipinski definition) is 8. The summed E-state index contributed by atoms with van der Waals surface area (Å²) in [5, 5.41) is 7.35. The lowest BCUT2D eigenvalue weighted by Crippen LogP contribution is -2.24. The van der Waals surface area contributed by atoms with E-state index in [1.54, 1.807) is 29.8 Å². The van der Waals surface area contributed by atoms with Gasteiger partial charge in [0.15, 0.2) is 5.13 Å². The van der Waals surface area contributed by atoms with E-state index in [0.29, 0.717) is 12.2 Å².